The molecule has 1 fully saturated rings. The first-order valence-electron chi connectivity index (χ1n) is 6.16. The lowest BCUT2D eigenvalue weighted by Gasteiger charge is -2.26. The summed E-state index contributed by atoms with van der Waals surface area (Å²) in [6, 6.07) is 6.50. The zero-order valence-electron chi connectivity index (χ0n) is 10.8. The maximum atomic E-state index is 12.3. The number of benzene rings is 1. The number of ketones is 1. The molecule has 0 atom stereocenters. The van der Waals surface area contributed by atoms with Crippen molar-refractivity contribution in [3.63, 3.8) is 0 Å². The van der Waals surface area contributed by atoms with Crippen LogP contribution < -0.4 is 0 Å². The van der Waals surface area contributed by atoms with Gasteiger partial charge in [0.25, 0.3) is 0 Å². The molecule has 0 radical (unpaired) electrons. The smallest absolute Gasteiger partial charge is 0.243 e. The molecular formula is C13H17NO4S. The monoisotopic (exact) mass is 283 g/mol. The molecule has 6 heteroatoms. The van der Waals surface area contributed by atoms with Crippen molar-refractivity contribution in [3.8, 4) is 0 Å². The number of Topliss-reactive ketones (excluding diaryl/α,β-unsaturated/α-hetero) is 1. The SMILES string of the molecule is CC(=O)Cc1ccc(S(=O)(=O)N2CCOCC2)cc1. The number of carbonyl (C=O) groups excluding carboxylic acids is 1. The van der Waals surface area contributed by atoms with Crippen molar-refractivity contribution in [1.82, 2.24) is 4.31 Å². The molecule has 1 saturated heterocycles. The molecule has 1 aliphatic heterocycles. The minimum absolute atomic E-state index is 0.0591. The van der Waals surface area contributed by atoms with Crippen LogP contribution in [-0.2, 0) is 26.0 Å². The lowest BCUT2D eigenvalue weighted by atomic mass is 10.1. The molecule has 19 heavy (non-hydrogen) atoms. The summed E-state index contributed by atoms with van der Waals surface area (Å²) < 4.78 is 31.2. The number of sulfonamides is 1. The second-order valence-electron chi connectivity index (χ2n) is 4.54. The second kappa shape index (κ2) is 5.81. The van der Waals surface area contributed by atoms with Crippen molar-refractivity contribution in [2.24, 2.45) is 0 Å². The van der Waals surface area contributed by atoms with E-state index in [-0.39, 0.29) is 10.7 Å². The topological polar surface area (TPSA) is 63.7 Å². The van der Waals surface area contributed by atoms with E-state index in [0.29, 0.717) is 32.7 Å². The Morgan fingerprint density at radius 1 is 1.21 bits per heavy atom. The fourth-order valence-electron chi connectivity index (χ4n) is 2.00. The van der Waals surface area contributed by atoms with E-state index in [2.05, 4.69) is 0 Å². The first kappa shape index (κ1) is 14.2. The van der Waals surface area contributed by atoms with Crippen LogP contribution >= 0.6 is 0 Å². The maximum absolute atomic E-state index is 12.3. The number of hydrogen-bond acceptors (Lipinski definition) is 4. The van der Waals surface area contributed by atoms with Gasteiger partial charge in [-0.1, -0.05) is 12.1 Å². The van der Waals surface area contributed by atoms with Crippen LogP contribution in [0.15, 0.2) is 29.2 Å². The summed E-state index contributed by atoms with van der Waals surface area (Å²) in [4.78, 5) is 11.3. The molecule has 1 aromatic carbocycles. The molecule has 5 nitrogen and oxygen atoms in total. The molecule has 0 aromatic heterocycles. The number of hydrogen-bond donors (Lipinski definition) is 0. The van der Waals surface area contributed by atoms with E-state index in [9.17, 15) is 13.2 Å². The second-order valence-corrected chi connectivity index (χ2v) is 6.48. The lowest BCUT2D eigenvalue weighted by Crippen LogP contribution is -2.40. The van der Waals surface area contributed by atoms with Gasteiger partial charge in [-0.3, -0.25) is 4.79 Å². The van der Waals surface area contributed by atoms with Gasteiger partial charge in [0, 0.05) is 19.5 Å². The number of rotatable bonds is 4. The van der Waals surface area contributed by atoms with Gasteiger partial charge in [0.05, 0.1) is 18.1 Å². The number of ether oxygens (including phenoxy) is 1. The molecule has 1 aromatic rings. The minimum Gasteiger partial charge on any atom is -0.379 e. The predicted molar refractivity (Wildman–Crippen MR) is 70.4 cm³/mol. The van der Waals surface area contributed by atoms with Crippen LogP contribution in [0.1, 0.15) is 12.5 Å². The van der Waals surface area contributed by atoms with Crippen molar-refractivity contribution in [1.29, 1.82) is 0 Å². The maximum Gasteiger partial charge on any atom is 0.243 e. The van der Waals surface area contributed by atoms with E-state index >= 15 is 0 Å². The minimum atomic E-state index is -3.44. The average Bonchev–Trinajstić information content (AvgIpc) is 2.40. The van der Waals surface area contributed by atoms with Crippen molar-refractivity contribution < 1.29 is 17.9 Å². The molecule has 0 bridgehead atoms. The zero-order chi connectivity index (χ0) is 13.9. The molecule has 0 N–H and O–H groups in total. The number of nitrogens with zero attached hydrogens (tertiary/aromatic N) is 1. The van der Waals surface area contributed by atoms with Crippen LogP contribution in [0.3, 0.4) is 0 Å². The van der Waals surface area contributed by atoms with Gasteiger partial charge >= 0.3 is 0 Å². The summed E-state index contributed by atoms with van der Waals surface area (Å²) in [5.41, 5.74) is 0.827. The molecule has 104 valence electrons. The third kappa shape index (κ3) is 3.40. The highest BCUT2D eigenvalue weighted by atomic mass is 32.2. The van der Waals surface area contributed by atoms with Gasteiger partial charge in [0.1, 0.15) is 5.78 Å². The number of morpholine rings is 1. The van der Waals surface area contributed by atoms with Crippen molar-refractivity contribution in [2.45, 2.75) is 18.2 Å². The average molecular weight is 283 g/mol. The van der Waals surface area contributed by atoms with Crippen molar-refractivity contribution in [2.75, 3.05) is 26.3 Å². The van der Waals surface area contributed by atoms with Crippen molar-refractivity contribution >= 4 is 15.8 Å². The van der Waals surface area contributed by atoms with E-state index < -0.39 is 10.0 Å². The van der Waals surface area contributed by atoms with Gasteiger partial charge in [-0.2, -0.15) is 4.31 Å². The highest BCUT2D eigenvalue weighted by molar-refractivity contribution is 7.89. The Labute approximate surface area is 113 Å². The van der Waals surface area contributed by atoms with Crippen LogP contribution in [0.2, 0.25) is 0 Å². The van der Waals surface area contributed by atoms with E-state index in [0.717, 1.165) is 5.56 Å². The zero-order valence-corrected chi connectivity index (χ0v) is 11.6. The third-order valence-electron chi connectivity index (χ3n) is 2.98. The van der Waals surface area contributed by atoms with E-state index in [1.807, 2.05) is 0 Å². The standard InChI is InChI=1S/C13H17NO4S/c1-11(15)10-12-2-4-13(5-3-12)19(16,17)14-6-8-18-9-7-14/h2-5H,6-10H2,1H3. The van der Waals surface area contributed by atoms with Crippen LogP contribution in [0, 0.1) is 0 Å². The Morgan fingerprint density at radius 2 is 1.79 bits per heavy atom. The fraction of sp³-hybridized carbons (Fsp3) is 0.462. The Hall–Kier alpha value is -1.24. The van der Waals surface area contributed by atoms with Gasteiger partial charge < -0.3 is 4.74 Å². The highest BCUT2D eigenvalue weighted by Crippen LogP contribution is 2.17. The molecule has 0 spiro atoms. The Kier molecular flexibility index (Phi) is 4.34. The first-order valence-corrected chi connectivity index (χ1v) is 7.60. The molecule has 1 aliphatic rings. The summed E-state index contributed by atoms with van der Waals surface area (Å²) in [5, 5.41) is 0. The molecule has 0 saturated carbocycles. The molecule has 0 unspecified atom stereocenters. The Bertz CT molecular complexity index is 545. The van der Waals surface area contributed by atoms with Crippen LogP contribution in [0.5, 0.6) is 0 Å². The summed E-state index contributed by atoms with van der Waals surface area (Å²) in [6.45, 7) is 3.15. The largest absolute Gasteiger partial charge is 0.379 e. The van der Waals surface area contributed by atoms with Crippen LogP contribution in [0.4, 0.5) is 0 Å². The lowest BCUT2D eigenvalue weighted by molar-refractivity contribution is -0.116. The normalized spacial score (nSPS) is 17.3. The summed E-state index contributed by atoms with van der Waals surface area (Å²) in [5.74, 6) is 0.0591. The van der Waals surface area contributed by atoms with E-state index in [4.69, 9.17) is 4.74 Å². The van der Waals surface area contributed by atoms with Crippen LogP contribution in [0.25, 0.3) is 0 Å². The number of carbonyl (C=O) groups is 1. The fourth-order valence-corrected chi connectivity index (χ4v) is 3.41. The Balaban J connectivity index is 2.18. The molecule has 0 amide bonds. The predicted octanol–water partition coefficient (Wildman–Crippen LogP) is 0.839. The van der Waals surface area contributed by atoms with Gasteiger partial charge in [-0.25, -0.2) is 8.42 Å². The third-order valence-corrected chi connectivity index (χ3v) is 4.90. The van der Waals surface area contributed by atoms with Gasteiger partial charge in [-0.15, -0.1) is 0 Å². The Morgan fingerprint density at radius 3 is 2.32 bits per heavy atom. The first-order chi connectivity index (χ1) is 9.00. The van der Waals surface area contributed by atoms with E-state index in [1.54, 1.807) is 24.3 Å². The highest BCUT2D eigenvalue weighted by Gasteiger charge is 2.25. The molecule has 1 heterocycles. The van der Waals surface area contributed by atoms with Crippen LogP contribution in [-0.4, -0.2) is 44.8 Å². The summed E-state index contributed by atoms with van der Waals surface area (Å²) >= 11 is 0. The van der Waals surface area contributed by atoms with Gasteiger partial charge in [0.2, 0.25) is 10.0 Å². The van der Waals surface area contributed by atoms with Crippen molar-refractivity contribution in [3.05, 3.63) is 29.8 Å². The summed E-state index contributed by atoms with van der Waals surface area (Å²) in [7, 11) is -3.44. The molecule has 2 rings (SSSR count). The van der Waals surface area contributed by atoms with Gasteiger partial charge in [-0.05, 0) is 24.6 Å². The van der Waals surface area contributed by atoms with E-state index in [1.165, 1.54) is 11.2 Å². The van der Waals surface area contributed by atoms with Gasteiger partial charge in [0.15, 0.2) is 0 Å². The molecular weight excluding hydrogens is 266 g/mol. The molecule has 0 aliphatic carbocycles. The summed E-state index contributed by atoms with van der Waals surface area (Å²) in [6.07, 6.45) is 0.331. The quantitative estimate of drug-likeness (QED) is 0.821.